The summed E-state index contributed by atoms with van der Waals surface area (Å²) in [5.74, 6) is 2.81. The molecule has 0 unspecified atom stereocenters. The van der Waals surface area contributed by atoms with E-state index in [1.807, 2.05) is 49.4 Å². The number of methoxy groups -OCH3 is 2. The zero-order chi connectivity index (χ0) is 23.8. The number of fused-ring (bicyclic) bond motifs is 2. The third-order valence-corrected chi connectivity index (χ3v) is 6.39. The highest BCUT2D eigenvalue weighted by molar-refractivity contribution is 6.32. The molecule has 0 atom stereocenters. The summed E-state index contributed by atoms with van der Waals surface area (Å²) in [6.07, 6.45) is 1.69. The van der Waals surface area contributed by atoms with E-state index in [-0.39, 0.29) is 11.5 Å². The van der Waals surface area contributed by atoms with E-state index in [9.17, 15) is 4.79 Å². The first-order chi connectivity index (χ1) is 16.5. The number of hydrogen-bond acceptors (Lipinski definition) is 6. The normalized spacial score (nSPS) is 16.0. The maximum Gasteiger partial charge on any atom is 0.231 e. The number of ether oxygens (including phenoxy) is 4. The molecule has 0 aromatic heterocycles. The third kappa shape index (κ3) is 4.00. The summed E-state index contributed by atoms with van der Waals surface area (Å²) < 4.78 is 22.8. The molecule has 0 spiro atoms. The topological polar surface area (TPSA) is 57.2 Å². The van der Waals surface area contributed by atoms with Crippen molar-refractivity contribution < 1.29 is 23.7 Å². The zero-order valence-electron chi connectivity index (χ0n) is 19.2. The summed E-state index contributed by atoms with van der Waals surface area (Å²) in [5.41, 5.74) is 4.14. The van der Waals surface area contributed by atoms with Crippen LogP contribution >= 0.6 is 11.6 Å². The molecule has 3 aromatic carbocycles. The fourth-order valence-corrected chi connectivity index (χ4v) is 4.56. The number of rotatable bonds is 5. The number of hydrogen-bond donors (Lipinski definition) is 0. The molecule has 0 bridgehead atoms. The van der Waals surface area contributed by atoms with Crippen LogP contribution in [-0.4, -0.2) is 31.6 Å². The van der Waals surface area contributed by atoms with E-state index in [2.05, 4.69) is 4.90 Å². The van der Waals surface area contributed by atoms with Gasteiger partial charge in [-0.25, -0.2) is 0 Å². The Bertz CT molecular complexity index is 1320. The molecule has 0 saturated carbocycles. The van der Waals surface area contributed by atoms with Gasteiger partial charge in [0.2, 0.25) is 5.78 Å². The van der Waals surface area contributed by atoms with Crippen molar-refractivity contribution in [2.24, 2.45) is 0 Å². The number of Topliss-reactive ketones (excluding diaryl/α,β-unsaturated/α-hetero) is 1. The van der Waals surface area contributed by atoms with Crippen molar-refractivity contribution >= 4 is 23.5 Å². The number of halogens is 1. The number of nitrogens with zero attached hydrogens (tertiary/aromatic N) is 1. The van der Waals surface area contributed by atoms with Crippen molar-refractivity contribution in [1.29, 1.82) is 0 Å². The second-order valence-electron chi connectivity index (χ2n) is 8.28. The Morgan fingerprint density at radius 3 is 2.62 bits per heavy atom. The smallest absolute Gasteiger partial charge is 0.231 e. The second-order valence-corrected chi connectivity index (χ2v) is 8.68. The number of allylic oxidation sites excluding steroid dienone is 1. The van der Waals surface area contributed by atoms with Crippen LogP contribution in [0.5, 0.6) is 23.0 Å². The van der Waals surface area contributed by atoms with E-state index in [4.69, 9.17) is 30.5 Å². The van der Waals surface area contributed by atoms with Crippen molar-refractivity contribution in [3.63, 3.8) is 0 Å². The van der Waals surface area contributed by atoms with Crippen LogP contribution in [0.15, 0.2) is 54.3 Å². The van der Waals surface area contributed by atoms with Crippen molar-refractivity contribution in [1.82, 2.24) is 4.90 Å². The molecule has 3 aromatic rings. The Balaban J connectivity index is 1.40. The zero-order valence-corrected chi connectivity index (χ0v) is 19.9. The highest BCUT2D eigenvalue weighted by Gasteiger charge is 2.33. The molecule has 7 heteroatoms. The predicted molar refractivity (Wildman–Crippen MR) is 130 cm³/mol. The maximum atomic E-state index is 13.1. The fourth-order valence-electron chi connectivity index (χ4n) is 4.37. The van der Waals surface area contributed by atoms with E-state index in [1.54, 1.807) is 26.4 Å². The van der Waals surface area contributed by atoms with E-state index < -0.39 is 0 Å². The van der Waals surface area contributed by atoms with Crippen LogP contribution in [-0.2, 0) is 13.1 Å². The van der Waals surface area contributed by atoms with Crippen LogP contribution in [0.3, 0.4) is 0 Å². The Kier molecular flexibility index (Phi) is 5.94. The molecule has 34 heavy (non-hydrogen) atoms. The standard InChI is InChI=1S/C27H24ClNO5/c1-16-26-19(14-29(15-33-26)13-17-8-9-22(31-2)23(10-17)32-3)11-20-25(30)24(34-27(16)20)12-18-6-4-5-7-21(18)28/h4-12H,13-15H2,1-3H3/b24-12-. The van der Waals surface area contributed by atoms with Crippen LogP contribution in [0.2, 0.25) is 5.02 Å². The van der Waals surface area contributed by atoms with E-state index >= 15 is 0 Å². The van der Waals surface area contributed by atoms with Gasteiger partial charge in [0.1, 0.15) is 18.2 Å². The lowest BCUT2D eigenvalue weighted by Gasteiger charge is -2.30. The van der Waals surface area contributed by atoms with Crippen LogP contribution < -0.4 is 18.9 Å². The molecule has 0 amide bonds. The quantitative estimate of drug-likeness (QED) is 0.444. The summed E-state index contributed by atoms with van der Waals surface area (Å²) >= 11 is 6.26. The van der Waals surface area contributed by atoms with Gasteiger partial charge in [-0.15, -0.1) is 0 Å². The molecule has 0 N–H and O–H groups in total. The van der Waals surface area contributed by atoms with Gasteiger partial charge in [-0.3, -0.25) is 9.69 Å². The largest absolute Gasteiger partial charge is 0.493 e. The lowest BCUT2D eigenvalue weighted by molar-refractivity contribution is 0.0876. The number of carbonyl (C=O) groups is 1. The molecular formula is C27H24ClNO5. The van der Waals surface area contributed by atoms with Crippen LogP contribution in [0.4, 0.5) is 0 Å². The average Bonchev–Trinajstić information content (AvgIpc) is 3.16. The van der Waals surface area contributed by atoms with Crippen molar-refractivity contribution in [2.75, 3.05) is 21.0 Å². The van der Waals surface area contributed by atoms with E-state index in [0.29, 0.717) is 47.7 Å². The Labute approximate surface area is 203 Å². The molecule has 0 aliphatic carbocycles. The molecule has 6 nitrogen and oxygen atoms in total. The van der Waals surface area contributed by atoms with Crippen molar-refractivity contribution in [3.05, 3.63) is 87.1 Å². The number of benzene rings is 3. The molecular weight excluding hydrogens is 454 g/mol. The minimum Gasteiger partial charge on any atom is -0.493 e. The molecule has 2 heterocycles. The van der Waals surface area contributed by atoms with Gasteiger partial charge in [0, 0.05) is 29.2 Å². The summed E-state index contributed by atoms with van der Waals surface area (Å²) in [6.45, 7) is 3.66. The Hall–Kier alpha value is -3.48. The third-order valence-electron chi connectivity index (χ3n) is 6.05. The molecule has 0 fully saturated rings. The van der Waals surface area contributed by atoms with Gasteiger partial charge in [-0.2, -0.15) is 0 Å². The van der Waals surface area contributed by atoms with Crippen LogP contribution in [0, 0.1) is 6.92 Å². The molecule has 0 saturated heterocycles. The summed E-state index contributed by atoms with van der Waals surface area (Å²) in [7, 11) is 3.24. The minimum atomic E-state index is -0.155. The molecule has 5 rings (SSSR count). The monoisotopic (exact) mass is 477 g/mol. The van der Waals surface area contributed by atoms with E-state index in [1.165, 1.54) is 0 Å². The first kappa shape index (κ1) is 22.3. The second kappa shape index (κ2) is 9.05. The number of ketones is 1. The van der Waals surface area contributed by atoms with Gasteiger partial charge in [0.15, 0.2) is 17.3 Å². The summed E-state index contributed by atoms with van der Waals surface area (Å²) in [6, 6.07) is 15.1. The average molecular weight is 478 g/mol. The molecule has 0 radical (unpaired) electrons. The van der Waals surface area contributed by atoms with Gasteiger partial charge < -0.3 is 18.9 Å². The van der Waals surface area contributed by atoms with Gasteiger partial charge in [0.25, 0.3) is 0 Å². The van der Waals surface area contributed by atoms with Gasteiger partial charge in [-0.05, 0) is 48.4 Å². The summed E-state index contributed by atoms with van der Waals surface area (Å²) in [5, 5.41) is 0.563. The lowest BCUT2D eigenvalue weighted by atomic mass is 10.00. The first-order valence-corrected chi connectivity index (χ1v) is 11.3. The highest BCUT2D eigenvalue weighted by atomic mass is 35.5. The van der Waals surface area contributed by atoms with Crippen LogP contribution in [0.1, 0.15) is 32.6 Å². The van der Waals surface area contributed by atoms with Gasteiger partial charge in [-0.1, -0.05) is 35.9 Å². The van der Waals surface area contributed by atoms with Gasteiger partial charge in [0.05, 0.1) is 19.8 Å². The Morgan fingerprint density at radius 2 is 1.85 bits per heavy atom. The Morgan fingerprint density at radius 1 is 1.06 bits per heavy atom. The van der Waals surface area contributed by atoms with Crippen molar-refractivity contribution in [2.45, 2.75) is 20.0 Å². The van der Waals surface area contributed by atoms with Gasteiger partial charge >= 0.3 is 0 Å². The number of carbonyl (C=O) groups excluding carboxylic acids is 1. The lowest BCUT2D eigenvalue weighted by Crippen LogP contribution is -2.32. The molecule has 174 valence electrons. The minimum absolute atomic E-state index is 0.155. The first-order valence-electron chi connectivity index (χ1n) is 10.9. The highest BCUT2D eigenvalue weighted by Crippen LogP contribution is 2.43. The maximum absolute atomic E-state index is 13.1. The van der Waals surface area contributed by atoms with Crippen molar-refractivity contribution in [3.8, 4) is 23.0 Å². The predicted octanol–water partition coefficient (Wildman–Crippen LogP) is 5.63. The van der Waals surface area contributed by atoms with E-state index in [0.717, 1.165) is 28.0 Å². The van der Waals surface area contributed by atoms with Crippen LogP contribution in [0.25, 0.3) is 6.08 Å². The summed E-state index contributed by atoms with van der Waals surface area (Å²) in [4.78, 5) is 15.3. The molecule has 2 aliphatic rings. The molecule has 2 aliphatic heterocycles. The SMILES string of the molecule is COc1ccc(CN2COc3c(cc4c(c3C)O/C(=C\c3ccccc3Cl)C4=O)C2)cc1OC. The fraction of sp³-hybridized carbons (Fsp3) is 0.222.